The lowest BCUT2D eigenvalue weighted by atomic mass is 9.89. The molecule has 21 heavy (non-hydrogen) atoms. The minimum absolute atomic E-state index is 0.922. The molecule has 1 aromatic heterocycles. The summed E-state index contributed by atoms with van der Waals surface area (Å²) >= 11 is 0. The van der Waals surface area contributed by atoms with Gasteiger partial charge < -0.3 is 9.80 Å². The van der Waals surface area contributed by atoms with E-state index >= 15 is 0 Å². The summed E-state index contributed by atoms with van der Waals surface area (Å²) in [6.07, 6.45) is 8.10. The number of quaternary nitrogens is 2. The zero-order chi connectivity index (χ0) is 14.7. The molecule has 3 rings (SSSR count). The van der Waals surface area contributed by atoms with E-state index in [-0.39, 0.29) is 0 Å². The van der Waals surface area contributed by atoms with E-state index in [1.807, 2.05) is 17.3 Å². The van der Waals surface area contributed by atoms with E-state index in [0.29, 0.717) is 0 Å². The molecular weight excluding hydrogens is 258 g/mol. The zero-order valence-corrected chi connectivity index (χ0v) is 13.6. The molecule has 2 aliphatic rings. The Morgan fingerprint density at radius 3 is 2.29 bits per heavy atom. The van der Waals surface area contributed by atoms with Crippen LogP contribution in [0.4, 0.5) is 0 Å². The summed E-state index contributed by atoms with van der Waals surface area (Å²) in [5.41, 5.74) is 1.44. The van der Waals surface area contributed by atoms with Gasteiger partial charge in [-0.1, -0.05) is 13.8 Å². The second kappa shape index (κ2) is 6.89. The number of nitrogens with zero attached hydrogens (tertiary/aromatic N) is 1. The fraction of sp³-hybridized carbons (Fsp3) is 0.722. The monoisotopic (exact) mass is 289 g/mol. The first-order valence-corrected chi connectivity index (χ1v) is 8.77. The highest BCUT2D eigenvalue weighted by Gasteiger charge is 2.34. The molecule has 3 heteroatoms. The highest BCUT2D eigenvalue weighted by molar-refractivity contribution is 5.07. The summed E-state index contributed by atoms with van der Waals surface area (Å²) < 4.78 is 0. The number of hydrogen-bond acceptors (Lipinski definition) is 1. The molecule has 0 unspecified atom stereocenters. The highest BCUT2D eigenvalue weighted by atomic mass is 15.2. The number of pyridine rings is 1. The number of likely N-dealkylation sites (tertiary alicyclic amines) is 2. The molecule has 2 N–H and O–H groups in total. The van der Waals surface area contributed by atoms with Crippen LogP contribution < -0.4 is 9.80 Å². The van der Waals surface area contributed by atoms with Gasteiger partial charge in [0.15, 0.2) is 0 Å². The van der Waals surface area contributed by atoms with Crippen LogP contribution in [0, 0.1) is 11.8 Å². The van der Waals surface area contributed by atoms with Gasteiger partial charge >= 0.3 is 0 Å². The SMILES string of the molecule is C[C@H]1C[C@H](C)C[NH+](C2CC[NH+](Cc3ccncc3)CC2)C1. The van der Waals surface area contributed by atoms with Gasteiger partial charge in [0, 0.05) is 42.6 Å². The molecule has 0 amide bonds. The van der Waals surface area contributed by atoms with Gasteiger partial charge in [0.25, 0.3) is 0 Å². The molecule has 0 spiro atoms. The molecule has 2 aliphatic heterocycles. The number of hydrogen-bond donors (Lipinski definition) is 2. The fourth-order valence-corrected chi connectivity index (χ4v) is 4.57. The first-order chi connectivity index (χ1) is 10.2. The van der Waals surface area contributed by atoms with E-state index < -0.39 is 0 Å². The molecule has 3 nitrogen and oxygen atoms in total. The number of piperidine rings is 2. The van der Waals surface area contributed by atoms with Crippen molar-refractivity contribution in [2.75, 3.05) is 26.2 Å². The predicted molar refractivity (Wildman–Crippen MR) is 85.3 cm³/mol. The minimum atomic E-state index is 0.922. The van der Waals surface area contributed by atoms with Crippen molar-refractivity contribution in [3.05, 3.63) is 30.1 Å². The maximum atomic E-state index is 4.11. The average Bonchev–Trinajstić information content (AvgIpc) is 2.48. The van der Waals surface area contributed by atoms with E-state index in [1.165, 1.54) is 57.5 Å². The molecule has 0 aliphatic carbocycles. The largest absolute Gasteiger partial charge is 0.332 e. The van der Waals surface area contributed by atoms with Crippen LogP contribution in [-0.4, -0.2) is 37.2 Å². The average molecular weight is 289 g/mol. The molecule has 0 aromatic carbocycles. The smallest absolute Gasteiger partial charge is 0.103 e. The number of aromatic nitrogens is 1. The Hall–Kier alpha value is -0.930. The molecular formula is C18H31N3+2. The lowest BCUT2D eigenvalue weighted by Crippen LogP contribution is -3.21. The van der Waals surface area contributed by atoms with Crippen LogP contribution in [0.25, 0.3) is 0 Å². The Kier molecular flexibility index (Phi) is 4.91. The van der Waals surface area contributed by atoms with Crippen molar-refractivity contribution < 1.29 is 9.80 Å². The Morgan fingerprint density at radius 1 is 1.05 bits per heavy atom. The quantitative estimate of drug-likeness (QED) is 0.815. The van der Waals surface area contributed by atoms with Crippen LogP contribution >= 0.6 is 0 Å². The van der Waals surface area contributed by atoms with Crippen molar-refractivity contribution in [1.82, 2.24) is 4.98 Å². The van der Waals surface area contributed by atoms with E-state index in [4.69, 9.17) is 0 Å². The molecule has 0 bridgehead atoms. The Labute approximate surface area is 129 Å². The number of nitrogens with one attached hydrogen (secondary N) is 2. The van der Waals surface area contributed by atoms with Gasteiger partial charge in [0.1, 0.15) is 6.54 Å². The predicted octanol–water partition coefficient (Wildman–Crippen LogP) is 0.190. The first-order valence-electron chi connectivity index (χ1n) is 8.77. The zero-order valence-electron chi connectivity index (χ0n) is 13.6. The molecule has 2 saturated heterocycles. The van der Waals surface area contributed by atoms with Gasteiger partial charge in [-0.05, 0) is 18.6 Å². The third-order valence-electron chi connectivity index (χ3n) is 5.50. The van der Waals surface area contributed by atoms with Crippen LogP contribution in [0.5, 0.6) is 0 Å². The summed E-state index contributed by atoms with van der Waals surface area (Å²) in [6, 6.07) is 5.26. The molecule has 2 atom stereocenters. The summed E-state index contributed by atoms with van der Waals surface area (Å²) in [5, 5.41) is 0. The molecule has 1 aromatic rings. The maximum Gasteiger partial charge on any atom is 0.103 e. The van der Waals surface area contributed by atoms with Crippen molar-refractivity contribution in [3.63, 3.8) is 0 Å². The van der Waals surface area contributed by atoms with Crippen molar-refractivity contribution in [2.24, 2.45) is 11.8 Å². The van der Waals surface area contributed by atoms with Gasteiger partial charge in [-0.2, -0.15) is 0 Å². The van der Waals surface area contributed by atoms with Crippen molar-refractivity contribution in [3.8, 4) is 0 Å². The molecule has 116 valence electrons. The first kappa shape index (κ1) is 15.0. The van der Waals surface area contributed by atoms with Gasteiger partial charge in [-0.3, -0.25) is 4.98 Å². The van der Waals surface area contributed by atoms with E-state index in [9.17, 15) is 0 Å². The highest BCUT2D eigenvalue weighted by Crippen LogP contribution is 2.13. The Morgan fingerprint density at radius 2 is 1.67 bits per heavy atom. The standard InChI is InChI=1S/C18H29N3/c1-15-11-16(2)13-21(12-15)18-5-9-20(10-6-18)14-17-3-7-19-8-4-17/h3-4,7-8,15-16,18H,5-6,9-14H2,1-2H3/p+2/t15-,16-/m0/s1. The second-order valence-corrected chi connectivity index (χ2v) is 7.57. The second-order valence-electron chi connectivity index (χ2n) is 7.57. The van der Waals surface area contributed by atoms with Gasteiger partial charge in [0.05, 0.1) is 32.2 Å². The maximum absolute atomic E-state index is 4.11. The van der Waals surface area contributed by atoms with E-state index in [2.05, 4.69) is 31.0 Å². The van der Waals surface area contributed by atoms with Crippen molar-refractivity contribution in [1.29, 1.82) is 0 Å². The third-order valence-corrected chi connectivity index (χ3v) is 5.50. The van der Waals surface area contributed by atoms with Crippen LogP contribution in [0.1, 0.15) is 38.7 Å². The van der Waals surface area contributed by atoms with Crippen molar-refractivity contribution >= 4 is 0 Å². The topological polar surface area (TPSA) is 21.8 Å². The lowest BCUT2D eigenvalue weighted by molar-refractivity contribution is -0.969. The van der Waals surface area contributed by atoms with Crippen LogP contribution in [-0.2, 0) is 6.54 Å². The lowest BCUT2D eigenvalue weighted by Gasteiger charge is -2.39. The van der Waals surface area contributed by atoms with Crippen LogP contribution in [0.3, 0.4) is 0 Å². The molecule has 0 radical (unpaired) electrons. The van der Waals surface area contributed by atoms with E-state index in [1.54, 1.807) is 4.90 Å². The third kappa shape index (κ3) is 4.04. The minimum Gasteiger partial charge on any atom is -0.332 e. The van der Waals surface area contributed by atoms with Gasteiger partial charge in [-0.15, -0.1) is 0 Å². The number of rotatable bonds is 3. The molecule has 2 fully saturated rings. The van der Waals surface area contributed by atoms with E-state index in [0.717, 1.165) is 17.9 Å². The fourth-order valence-electron chi connectivity index (χ4n) is 4.57. The summed E-state index contributed by atoms with van der Waals surface area (Å²) in [4.78, 5) is 7.78. The van der Waals surface area contributed by atoms with Crippen molar-refractivity contribution in [2.45, 2.75) is 45.7 Å². The normalized spacial score (nSPS) is 37.3. The Bertz CT molecular complexity index is 415. The van der Waals surface area contributed by atoms with Gasteiger partial charge in [0.2, 0.25) is 0 Å². The summed E-state index contributed by atoms with van der Waals surface area (Å²) in [5.74, 6) is 1.84. The van der Waals surface area contributed by atoms with Crippen LogP contribution in [0.2, 0.25) is 0 Å². The Balaban J connectivity index is 1.48. The molecule has 3 heterocycles. The summed E-state index contributed by atoms with van der Waals surface area (Å²) in [6.45, 7) is 11.6. The molecule has 0 saturated carbocycles. The summed E-state index contributed by atoms with van der Waals surface area (Å²) in [7, 11) is 0. The van der Waals surface area contributed by atoms with Gasteiger partial charge in [-0.25, -0.2) is 0 Å². The van der Waals surface area contributed by atoms with Crippen LogP contribution in [0.15, 0.2) is 24.5 Å².